The van der Waals surface area contributed by atoms with Gasteiger partial charge in [-0.15, -0.1) is 0 Å². The van der Waals surface area contributed by atoms with Crippen LogP contribution in [0.25, 0.3) is 0 Å². The molecule has 0 aromatic heterocycles. The van der Waals surface area contributed by atoms with Gasteiger partial charge in [0.05, 0.1) is 32.8 Å². The number of sulfonamides is 1. The van der Waals surface area contributed by atoms with E-state index in [0.717, 1.165) is 4.31 Å². The second-order valence-corrected chi connectivity index (χ2v) is 9.82. The van der Waals surface area contributed by atoms with Crippen LogP contribution in [0.2, 0.25) is 0 Å². The lowest BCUT2D eigenvalue weighted by molar-refractivity contribution is -0.147. The van der Waals surface area contributed by atoms with Gasteiger partial charge in [-0.3, -0.25) is 9.59 Å². The van der Waals surface area contributed by atoms with Crippen LogP contribution in [0.3, 0.4) is 0 Å². The average molecular weight is 479 g/mol. The van der Waals surface area contributed by atoms with Gasteiger partial charge >= 0.3 is 5.97 Å². The molecule has 0 radical (unpaired) electrons. The van der Waals surface area contributed by atoms with Crippen LogP contribution in [-0.4, -0.2) is 59.0 Å². The fourth-order valence-electron chi connectivity index (χ4n) is 3.02. The van der Waals surface area contributed by atoms with Gasteiger partial charge in [0.2, 0.25) is 10.0 Å². The molecule has 1 unspecified atom stereocenters. The second kappa shape index (κ2) is 11.2. The number of esters is 1. The molecule has 0 saturated carbocycles. The first-order valence-corrected chi connectivity index (χ1v) is 11.7. The molecular weight excluding hydrogens is 448 g/mol. The summed E-state index contributed by atoms with van der Waals surface area (Å²) in [4.78, 5) is 25.3. The first-order chi connectivity index (χ1) is 15.5. The van der Waals surface area contributed by atoms with E-state index < -0.39 is 27.9 Å². The van der Waals surface area contributed by atoms with E-state index in [-0.39, 0.29) is 28.7 Å². The van der Waals surface area contributed by atoms with E-state index in [2.05, 4.69) is 5.32 Å². The average Bonchev–Trinajstić information content (AvgIpc) is 2.77. The van der Waals surface area contributed by atoms with E-state index in [4.69, 9.17) is 14.2 Å². The zero-order valence-electron chi connectivity index (χ0n) is 19.6. The summed E-state index contributed by atoms with van der Waals surface area (Å²) in [6.45, 7) is 3.48. The van der Waals surface area contributed by atoms with E-state index in [0.29, 0.717) is 11.3 Å². The standard InChI is InChI=1S/C23H30N2O7S/c1-15(2)32-22(26)14-19(16-7-10-18(30-5)11-8-16)24-23(27)17-9-12-20(31-6)21(13-17)33(28,29)25(3)4/h7-13,15,19H,14H2,1-6H3,(H,24,27). The molecule has 10 heteroatoms. The molecular formula is C23H30N2O7S. The summed E-state index contributed by atoms with van der Waals surface area (Å²) in [5.41, 5.74) is 0.770. The summed E-state index contributed by atoms with van der Waals surface area (Å²) in [7, 11) is 1.81. The molecule has 0 aliphatic carbocycles. The second-order valence-electron chi connectivity index (χ2n) is 7.70. The summed E-state index contributed by atoms with van der Waals surface area (Å²) in [6.07, 6.45) is -0.403. The summed E-state index contributed by atoms with van der Waals surface area (Å²) in [5, 5.41) is 2.81. The predicted molar refractivity (Wildman–Crippen MR) is 123 cm³/mol. The van der Waals surface area contributed by atoms with Crippen molar-refractivity contribution in [2.75, 3.05) is 28.3 Å². The number of carbonyl (C=O) groups excluding carboxylic acids is 2. The van der Waals surface area contributed by atoms with Gasteiger partial charge in [-0.1, -0.05) is 12.1 Å². The first kappa shape index (κ1) is 26.1. The van der Waals surface area contributed by atoms with Crippen LogP contribution in [-0.2, 0) is 19.6 Å². The topological polar surface area (TPSA) is 111 Å². The highest BCUT2D eigenvalue weighted by Gasteiger charge is 2.26. The summed E-state index contributed by atoms with van der Waals surface area (Å²) in [6, 6.07) is 10.3. The third kappa shape index (κ3) is 6.69. The number of methoxy groups -OCH3 is 2. The zero-order chi connectivity index (χ0) is 24.8. The molecule has 0 spiro atoms. The molecule has 0 fully saturated rings. The Kier molecular flexibility index (Phi) is 8.84. The molecule has 2 aromatic carbocycles. The molecule has 0 heterocycles. The number of carbonyl (C=O) groups is 2. The quantitative estimate of drug-likeness (QED) is 0.523. The highest BCUT2D eigenvalue weighted by molar-refractivity contribution is 7.89. The number of hydrogen-bond acceptors (Lipinski definition) is 7. The number of nitrogens with one attached hydrogen (secondary N) is 1. The Morgan fingerprint density at radius 1 is 1.00 bits per heavy atom. The number of amides is 1. The van der Waals surface area contributed by atoms with Crippen LogP contribution in [0.1, 0.15) is 42.2 Å². The van der Waals surface area contributed by atoms with Crippen molar-refractivity contribution >= 4 is 21.9 Å². The van der Waals surface area contributed by atoms with E-state index in [1.165, 1.54) is 46.5 Å². The molecule has 2 rings (SSSR count). The van der Waals surface area contributed by atoms with Gasteiger partial charge in [-0.2, -0.15) is 0 Å². The van der Waals surface area contributed by atoms with Gasteiger partial charge in [0, 0.05) is 19.7 Å². The predicted octanol–water partition coefficient (Wildman–Crippen LogP) is 2.77. The Morgan fingerprint density at radius 3 is 2.15 bits per heavy atom. The van der Waals surface area contributed by atoms with Gasteiger partial charge in [-0.05, 0) is 49.7 Å². The van der Waals surface area contributed by atoms with E-state index in [9.17, 15) is 18.0 Å². The zero-order valence-corrected chi connectivity index (χ0v) is 20.4. The van der Waals surface area contributed by atoms with Crippen molar-refractivity contribution in [2.45, 2.75) is 37.3 Å². The van der Waals surface area contributed by atoms with Crippen molar-refractivity contribution in [3.8, 4) is 11.5 Å². The molecule has 1 N–H and O–H groups in total. The van der Waals surface area contributed by atoms with Gasteiger partial charge < -0.3 is 19.5 Å². The summed E-state index contributed by atoms with van der Waals surface area (Å²) < 4.78 is 42.0. The van der Waals surface area contributed by atoms with E-state index >= 15 is 0 Å². The smallest absolute Gasteiger partial charge is 0.308 e. The third-order valence-corrected chi connectivity index (χ3v) is 6.58. The SMILES string of the molecule is COc1ccc(C(CC(=O)OC(C)C)NC(=O)c2ccc(OC)c(S(=O)(=O)N(C)C)c2)cc1. The Morgan fingerprint density at radius 2 is 1.64 bits per heavy atom. The van der Waals surface area contributed by atoms with Gasteiger partial charge in [0.1, 0.15) is 16.4 Å². The summed E-state index contributed by atoms with van der Waals surface area (Å²) in [5.74, 6) is -0.280. The lowest BCUT2D eigenvalue weighted by Crippen LogP contribution is -2.31. The van der Waals surface area contributed by atoms with Crippen molar-refractivity contribution in [3.05, 3.63) is 53.6 Å². The van der Waals surface area contributed by atoms with Crippen molar-refractivity contribution in [1.29, 1.82) is 0 Å². The van der Waals surface area contributed by atoms with Crippen LogP contribution in [0.4, 0.5) is 0 Å². The van der Waals surface area contributed by atoms with Gasteiger partial charge in [0.15, 0.2) is 0 Å². The highest BCUT2D eigenvalue weighted by Crippen LogP contribution is 2.28. The van der Waals surface area contributed by atoms with Crippen LogP contribution in [0.15, 0.2) is 47.4 Å². The summed E-state index contributed by atoms with van der Waals surface area (Å²) >= 11 is 0. The maximum atomic E-state index is 13.1. The Balaban J connectivity index is 2.39. The normalized spacial score (nSPS) is 12.4. The highest BCUT2D eigenvalue weighted by atomic mass is 32.2. The first-order valence-electron chi connectivity index (χ1n) is 10.2. The Hall–Kier alpha value is -3.11. The van der Waals surface area contributed by atoms with Crippen molar-refractivity contribution in [3.63, 3.8) is 0 Å². The molecule has 0 aliphatic rings. The molecule has 0 saturated heterocycles. The lowest BCUT2D eigenvalue weighted by Gasteiger charge is -2.20. The van der Waals surface area contributed by atoms with Crippen molar-refractivity contribution < 1.29 is 32.2 Å². The van der Waals surface area contributed by atoms with Crippen molar-refractivity contribution in [1.82, 2.24) is 9.62 Å². The van der Waals surface area contributed by atoms with Crippen LogP contribution in [0, 0.1) is 0 Å². The maximum Gasteiger partial charge on any atom is 0.308 e. The number of rotatable bonds is 10. The Bertz CT molecular complexity index is 1080. The van der Waals surface area contributed by atoms with E-state index in [1.807, 2.05) is 0 Å². The third-order valence-electron chi connectivity index (χ3n) is 4.75. The van der Waals surface area contributed by atoms with Crippen LogP contribution < -0.4 is 14.8 Å². The fourth-order valence-corrected chi connectivity index (χ4v) is 4.10. The van der Waals surface area contributed by atoms with Crippen LogP contribution in [0.5, 0.6) is 11.5 Å². The van der Waals surface area contributed by atoms with Gasteiger partial charge in [-0.25, -0.2) is 12.7 Å². The number of benzene rings is 2. The molecule has 180 valence electrons. The minimum absolute atomic E-state index is 0.102. The molecule has 9 nitrogen and oxygen atoms in total. The monoisotopic (exact) mass is 478 g/mol. The number of nitrogens with zero attached hydrogens (tertiary/aromatic N) is 1. The molecule has 2 aromatic rings. The van der Waals surface area contributed by atoms with Crippen LogP contribution >= 0.6 is 0 Å². The molecule has 0 aliphatic heterocycles. The molecule has 33 heavy (non-hydrogen) atoms. The minimum atomic E-state index is -3.86. The Labute approximate surface area is 194 Å². The molecule has 0 bridgehead atoms. The van der Waals surface area contributed by atoms with E-state index in [1.54, 1.807) is 38.1 Å². The van der Waals surface area contributed by atoms with Gasteiger partial charge in [0.25, 0.3) is 5.91 Å². The molecule has 1 amide bonds. The van der Waals surface area contributed by atoms with Crippen molar-refractivity contribution in [2.24, 2.45) is 0 Å². The minimum Gasteiger partial charge on any atom is -0.497 e. The molecule has 1 atom stereocenters. The lowest BCUT2D eigenvalue weighted by atomic mass is 10.0. The number of ether oxygens (including phenoxy) is 3. The largest absolute Gasteiger partial charge is 0.497 e. The maximum absolute atomic E-state index is 13.1. The number of hydrogen-bond donors (Lipinski definition) is 1. The fraction of sp³-hybridized carbons (Fsp3) is 0.391.